The summed E-state index contributed by atoms with van der Waals surface area (Å²) in [5, 5.41) is 2.85. The molecule has 0 saturated heterocycles. The van der Waals surface area contributed by atoms with E-state index in [1.165, 1.54) is 10.6 Å². The highest BCUT2D eigenvalue weighted by molar-refractivity contribution is 7.93. The molecule has 0 aliphatic rings. The highest BCUT2D eigenvalue weighted by Crippen LogP contribution is 2.61. The fraction of sp³-hybridized carbons (Fsp3) is 0.125. The summed E-state index contributed by atoms with van der Waals surface area (Å²) < 4.78 is 0. The lowest BCUT2D eigenvalue weighted by atomic mass is 10.4. The number of hydrogen-bond acceptors (Lipinski definition) is 0. The zero-order valence-corrected chi connectivity index (χ0v) is 11.3. The molecule has 17 heavy (non-hydrogen) atoms. The van der Waals surface area contributed by atoms with Crippen LogP contribution in [-0.4, -0.2) is 0 Å². The van der Waals surface area contributed by atoms with Gasteiger partial charge in [-0.25, -0.2) is 0 Å². The highest BCUT2D eigenvalue weighted by Gasteiger charge is 2.22. The van der Waals surface area contributed by atoms with Gasteiger partial charge in [0.25, 0.3) is 0 Å². The van der Waals surface area contributed by atoms with Crippen LogP contribution >= 0.6 is 7.26 Å². The van der Waals surface area contributed by atoms with Crippen molar-refractivity contribution in [3.8, 4) is 0 Å². The van der Waals surface area contributed by atoms with Gasteiger partial charge in [-0.05, 0) is 24.3 Å². The van der Waals surface area contributed by atoms with Crippen molar-refractivity contribution in [3.05, 3.63) is 73.0 Å². The van der Waals surface area contributed by atoms with Crippen molar-refractivity contribution >= 4 is 17.9 Å². The third-order valence-corrected chi connectivity index (χ3v) is 7.12. The van der Waals surface area contributed by atoms with Crippen molar-refractivity contribution in [1.82, 2.24) is 0 Å². The van der Waals surface area contributed by atoms with E-state index < -0.39 is 7.26 Å². The van der Waals surface area contributed by atoms with Gasteiger partial charge in [-0.3, -0.25) is 0 Å². The molecule has 0 saturated carbocycles. The summed E-state index contributed by atoms with van der Waals surface area (Å²) in [5.74, 6) is 0. The molecule has 0 nitrogen and oxygen atoms in total. The fourth-order valence-electron chi connectivity index (χ4n) is 2.24. The Hall–Kier alpha value is -1.13. The quantitative estimate of drug-likeness (QED) is 0.560. The SMILES string of the molecule is C[CH-][P+]([CH-]C)(c1ccccc1)c1ccccc1. The Morgan fingerprint density at radius 1 is 0.647 bits per heavy atom. The Morgan fingerprint density at radius 3 is 1.29 bits per heavy atom. The van der Waals surface area contributed by atoms with Crippen molar-refractivity contribution in [2.24, 2.45) is 0 Å². The summed E-state index contributed by atoms with van der Waals surface area (Å²) in [4.78, 5) is 0. The zero-order valence-electron chi connectivity index (χ0n) is 10.4. The van der Waals surface area contributed by atoms with E-state index in [1.54, 1.807) is 0 Å². The molecule has 0 spiro atoms. The first-order chi connectivity index (χ1) is 8.33. The van der Waals surface area contributed by atoms with E-state index in [0.717, 1.165) is 0 Å². The van der Waals surface area contributed by atoms with Gasteiger partial charge in [0.2, 0.25) is 0 Å². The molecule has 0 aliphatic carbocycles. The summed E-state index contributed by atoms with van der Waals surface area (Å²) in [6, 6.07) is 21.6. The smallest absolute Gasteiger partial charge is 0.0413 e. The second kappa shape index (κ2) is 5.47. The standard InChI is InChI=1S/C16H18P/c1-3-17(4-2,15-11-7-5-8-12-15)16-13-9-6-10-14-16/h3-14H,1-2H3/q-1. The first kappa shape index (κ1) is 12.3. The monoisotopic (exact) mass is 241 g/mol. The summed E-state index contributed by atoms with van der Waals surface area (Å²) >= 11 is 0. The van der Waals surface area contributed by atoms with E-state index >= 15 is 0 Å². The lowest BCUT2D eigenvalue weighted by molar-refractivity contribution is 1.60. The van der Waals surface area contributed by atoms with Gasteiger partial charge in [-0.2, -0.15) is 33.4 Å². The van der Waals surface area contributed by atoms with Crippen molar-refractivity contribution in [3.63, 3.8) is 0 Å². The minimum atomic E-state index is -1.41. The van der Waals surface area contributed by atoms with Crippen LogP contribution < -0.4 is 10.6 Å². The Kier molecular flexibility index (Phi) is 3.97. The van der Waals surface area contributed by atoms with Crippen LogP contribution in [0.3, 0.4) is 0 Å². The average molecular weight is 241 g/mol. The number of hydrogen-bond donors (Lipinski definition) is 0. The van der Waals surface area contributed by atoms with E-state index in [-0.39, 0.29) is 0 Å². The molecule has 2 rings (SSSR count). The van der Waals surface area contributed by atoms with Crippen LogP contribution in [0.4, 0.5) is 0 Å². The van der Waals surface area contributed by atoms with E-state index in [0.29, 0.717) is 0 Å². The van der Waals surface area contributed by atoms with Gasteiger partial charge in [0.15, 0.2) is 0 Å². The Bertz CT molecular complexity index is 402. The molecule has 0 unspecified atom stereocenters. The highest BCUT2D eigenvalue weighted by atomic mass is 31.2. The first-order valence-electron chi connectivity index (χ1n) is 5.94. The molecule has 0 aromatic heterocycles. The second-order valence-electron chi connectivity index (χ2n) is 3.96. The third-order valence-electron chi connectivity index (χ3n) is 3.18. The summed E-state index contributed by atoms with van der Waals surface area (Å²) in [5.41, 5.74) is 0. The van der Waals surface area contributed by atoms with Crippen molar-refractivity contribution in [2.75, 3.05) is 0 Å². The van der Waals surface area contributed by atoms with E-state index in [4.69, 9.17) is 0 Å². The molecule has 2 aromatic carbocycles. The number of rotatable bonds is 4. The zero-order chi connectivity index (χ0) is 12.1. The van der Waals surface area contributed by atoms with Gasteiger partial charge in [0.1, 0.15) is 0 Å². The summed E-state index contributed by atoms with van der Waals surface area (Å²) in [7, 11) is -1.41. The number of benzene rings is 2. The van der Waals surface area contributed by atoms with Crippen LogP contribution in [-0.2, 0) is 0 Å². The van der Waals surface area contributed by atoms with Crippen LogP contribution in [0.2, 0.25) is 0 Å². The molecule has 0 amide bonds. The van der Waals surface area contributed by atoms with Crippen molar-refractivity contribution < 1.29 is 0 Å². The topological polar surface area (TPSA) is 0 Å². The van der Waals surface area contributed by atoms with E-state index in [9.17, 15) is 0 Å². The molecule has 88 valence electrons. The Morgan fingerprint density at radius 2 is 1.00 bits per heavy atom. The predicted molar refractivity (Wildman–Crippen MR) is 79.0 cm³/mol. The first-order valence-corrected chi connectivity index (χ1v) is 7.87. The Balaban J connectivity index is 2.54. The van der Waals surface area contributed by atoms with Gasteiger partial charge in [0.05, 0.1) is 0 Å². The maximum atomic E-state index is 2.37. The van der Waals surface area contributed by atoms with Crippen molar-refractivity contribution in [1.29, 1.82) is 0 Å². The molecule has 0 N–H and O–H groups in total. The van der Waals surface area contributed by atoms with Gasteiger partial charge >= 0.3 is 0 Å². The van der Waals surface area contributed by atoms with E-state index in [1.807, 2.05) is 0 Å². The predicted octanol–water partition coefficient (Wildman–Crippen LogP) is 4.02. The van der Waals surface area contributed by atoms with Crippen LogP contribution in [0.25, 0.3) is 0 Å². The van der Waals surface area contributed by atoms with Crippen LogP contribution in [0.15, 0.2) is 60.7 Å². The minimum Gasteiger partial charge on any atom is -0.189 e. The third kappa shape index (κ3) is 2.28. The lowest BCUT2D eigenvalue weighted by Crippen LogP contribution is -2.21. The lowest BCUT2D eigenvalue weighted by Gasteiger charge is -2.42. The average Bonchev–Trinajstić information content (AvgIpc) is 2.43. The second-order valence-corrected chi connectivity index (χ2v) is 7.58. The molecular weight excluding hydrogens is 223 g/mol. The fourth-order valence-corrected chi connectivity index (χ4v) is 5.36. The van der Waals surface area contributed by atoms with Gasteiger partial charge in [-0.15, -0.1) is 0 Å². The van der Waals surface area contributed by atoms with Gasteiger partial charge in [0, 0.05) is 10.6 Å². The minimum absolute atomic E-state index is 1.41. The largest absolute Gasteiger partial charge is 0.189 e. The van der Waals surface area contributed by atoms with Crippen molar-refractivity contribution in [2.45, 2.75) is 13.8 Å². The molecule has 0 aliphatic heterocycles. The molecule has 0 fully saturated rings. The Labute approximate surface area is 105 Å². The van der Waals surface area contributed by atoms with Crippen LogP contribution in [0.5, 0.6) is 0 Å². The summed E-state index contributed by atoms with van der Waals surface area (Å²) in [6.45, 7) is 4.35. The van der Waals surface area contributed by atoms with Gasteiger partial charge < -0.3 is 0 Å². The molecule has 0 bridgehead atoms. The van der Waals surface area contributed by atoms with Crippen LogP contribution in [0.1, 0.15) is 13.8 Å². The normalized spacial score (nSPS) is 11.4. The molecular formula is C16H18P-. The maximum Gasteiger partial charge on any atom is 0.0413 e. The molecule has 0 atom stereocenters. The maximum absolute atomic E-state index is 2.37. The molecule has 1 heteroatoms. The van der Waals surface area contributed by atoms with Crippen LogP contribution in [0, 0.1) is 12.3 Å². The summed E-state index contributed by atoms with van der Waals surface area (Å²) in [6.07, 6.45) is 4.75. The molecule has 0 radical (unpaired) electrons. The van der Waals surface area contributed by atoms with E-state index in [2.05, 4.69) is 86.8 Å². The molecule has 0 heterocycles. The van der Waals surface area contributed by atoms with Gasteiger partial charge in [-0.1, -0.05) is 36.4 Å². The molecule has 2 aromatic rings.